The van der Waals surface area contributed by atoms with E-state index in [-0.39, 0.29) is 12.7 Å². The molecular formula is C8H16O3. The highest BCUT2D eigenvalue weighted by Gasteiger charge is 2.27. The van der Waals surface area contributed by atoms with Gasteiger partial charge in [-0.1, -0.05) is 0 Å². The number of carbonyl (C=O) groups is 1. The van der Waals surface area contributed by atoms with Crippen LogP contribution in [-0.2, 0) is 9.53 Å². The molecule has 0 saturated heterocycles. The van der Waals surface area contributed by atoms with Gasteiger partial charge in [-0.05, 0) is 27.7 Å². The Balaban J connectivity index is 3.83. The minimum Gasteiger partial charge on any atom is -0.481 e. The fourth-order valence-electron chi connectivity index (χ4n) is 0.437. The molecule has 0 aliphatic rings. The fraction of sp³-hybridized carbons (Fsp3) is 0.875. The number of hydrogen-bond donors (Lipinski definition) is 1. The number of hydrogen-bond acceptors (Lipinski definition) is 2. The Morgan fingerprint density at radius 2 is 2.00 bits per heavy atom. The Hall–Kier alpha value is -0.570. The minimum absolute atomic E-state index is 0.0913. The van der Waals surface area contributed by atoms with E-state index in [9.17, 15) is 4.79 Å². The van der Waals surface area contributed by atoms with Crippen molar-refractivity contribution in [1.29, 1.82) is 0 Å². The molecule has 66 valence electrons. The monoisotopic (exact) mass is 160 g/mol. The van der Waals surface area contributed by atoms with Crippen LogP contribution >= 0.6 is 0 Å². The first-order chi connectivity index (χ1) is 4.86. The molecule has 0 atom stereocenters. The molecule has 0 aromatic rings. The van der Waals surface area contributed by atoms with Gasteiger partial charge in [0.05, 0.1) is 18.1 Å². The van der Waals surface area contributed by atoms with Crippen molar-refractivity contribution in [3.8, 4) is 0 Å². The Morgan fingerprint density at radius 1 is 1.55 bits per heavy atom. The number of aliphatic carboxylic acids is 1. The molecule has 0 spiro atoms. The lowest BCUT2D eigenvalue weighted by Gasteiger charge is -2.20. The first-order valence-electron chi connectivity index (χ1n) is 3.71. The summed E-state index contributed by atoms with van der Waals surface area (Å²) in [5, 5.41) is 8.67. The van der Waals surface area contributed by atoms with Crippen molar-refractivity contribution in [1.82, 2.24) is 0 Å². The summed E-state index contributed by atoms with van der Waals surface area (Å²) in [4.78, 5) is 10.6. The number of rotatable bonds is 4. The molecule has 3 heteroatoms. The standard InChI is InChI=1S/C8H16O3/c1-6(2)11-5-8(3,4)7(9)10/h6H,5H2,1-4H3,(H,9,10). The molecule has 0 aromatic carbocycles. The van der Waals surface area contributed by atoms with Gasteiger partial charge in [-0.3, -0.25) is 4.79 Å². The zero-order valence-corrected chi connectivity index (χ0v) is 7.55. The quantitative estimate of drug-likeness (QED) is 0.678. The normalized spacial score (nSPS) is 12.1. The maximum Gasteiger partial charge on any atom is 0.311 e. The summed E-state index contributed by atoms with van der Waals surface area (Å²) in [7, 11) is 0. The van der Waals surface area contributed by atoms with Crippen molar-refractivity contribution >= 4 is 5.97 Å². The smallest absolute Gasteiger partial charge is 0.311 e. The summed E-state index contributed by atoms with van der Waals surface area (Å²) in [6.07, 6.45) is 0.0913. The minimum atomic E-state index is -0.821. The van der Waals surface area contributed by atoms with Crippen molar-refractivity contribution in [2.45, 2.75) is 33.8 Å². The average Bonchev–Trinajstić information content (AvgIpc) is 1.84. The predicted octanol–water partition coefficient (Wildman–Crippen LogP) is 1.52. The van der Waals surface area contributed by atoms with Crippen LogP contribution in [0.4, 0.5) is 0 Å². The lowest BCUT2D eigenvalue weighted by Crippen LogP contribution is -2.30. The summed E-state index contributed by atoms with van der Waals surface area (Å²) in [5.41, 5.74) is -0.774. The number of ether oxygens (including phenoxy) is 1. The van der Waals surface area contributed by atoms with Gasteiger partial charge in [0.2, 0.25) is 0 Å². The van der Waals surface area contributed by atoms with Gasteiger partial charge in [-0.25, -0.2) is 0 Å². The first kappa shape index (κ1) is 10.4. The largest absolute Gasteiger partial charge is 0.481 e. The summed E-state index contributed by atoms with van der Waals surface area (Å²) >= 11 is 0. The van der Waals surface area contributed by atoms with Crippen LogP contribution in [0.3, 0.4) is 0 Å². The molecule has 0 aromatic heterocycles. The van der Waals surface area contributed by atoms with Gasteiger partial charge in [0, 0.05) is 0 Å². The van der Waals surface area contributed by atoms with E-state index in [1.165, 1.54) is 0 Å². The van der Waals surface area contributed by atoms with Crippen LogP contribution in [0.2, 0.25) is 0 Å². The van der Waals surface area contributed by atoms with Gasteiger partial charge in [-0.15, -0.1) is 0 Å². The van der Waals surface area contributed by atoms with Gasteiger partial charge in [0.25, 0.3) is 0 Å². The highest BCUT2D eigenvalue weighted by atomic mass is 16.5. The lowest BCUT2D eigenvalue weighted by molar-refractivity contribution is -0.151. The highest BCUT2D eigenvalue weighted by Crippen LogP contribution is 2.15. The van der Waals surface area contributed by atoms with Gasteiger partial charge in [-0.2, -0.15) is 0 Å². The third kappa shape index (κ3) is 3.98. The van der Waals surface area contributed by atoms with Gasteiger partial charge >= 0.3 is 5.97 Å². The molecule has 0 radical (unpaired) electrons. The van der Waals surface area contributed by atoms with Crippen LogP contribution in [0, 0.1) is 5.41 Å². The summed E-state index contributed by atoms with van der Waals surface area (Å²) in [6, 6.07) is 0. The molecular weight excluding hydrogens is 144 g/mol. The third-order valence-corrected chi connectivity index (χ3v) is 1.36. The fourth-order valence-corrected chi connectivity index (χ4v) is 0.437. The van der Waals surface area contributed by atoms with Crippen LogP contribution < -0.4 is 0 Å². The van der Waals surface area contributed by atoms with Gasteiger partial charge in [0.15, 0.2) is 0 Å². The molecule has 1 N–H and O–H groups in total. The molecule has 0 heterocycles. The molecule has 0 rings (SSSR count). The number of carboxylic acid groups (broad SMARTS) is 1. The van der Waals surface area contributed by atoms with E-state index in [1.54, 1.807) is 13.8 Å². The molecule has 0 bridgehead atoms. The first-order valence-corrected chi connectivity index (χ1v) is 3.71. The van der Waals surface area contributed by atoms with Crippen molar-refractivity contribution in [3.05, 3.63) is 0 Å². The number of carboxylic acids is 1. The van der Waals surface area contributed by atoms with E-state index in [4.69, 9.17) is 9.84 Å². The van der Waals surface area contributed by atoms with Crippen LogP contribution in [0.5, 0.6) is 0 Å². The highest BCUT2D eigenvalue weighted by molar-refractivity contribution is 5.73. The molecule has 0 amide bonds. The van der Waals surface area contributed by atoms with Crippen molar-refractivity contribution in [3.63, 3.8) is 0 Å². The maximum atomic E-state index is 10.6. The lowest BCUT2D eigenvalue weighted by atomic mass is 9.95. The third-order valence-electron chi connectivity index (χ3n) is 1.36. The summed E-state index contributed by atoms with van der Waals surface area (Å²) in [5.74, 6) is -0.821. The molecule has 11 heavy (non-hydrogen) atoms. The molecule has 0 saturated carbocycles. The second-order valence-electron chi connectivity index (χ2n) is 3.55. The SMILES string of the molecule is CC(C)OCC(C)(C)C(=O)O. The Labute approximate surface area is 67.4 Å². The van der Waals surface area contributed by atoms with E-state index in [0.29, 0.717) is 0 Å². The predicted molar refractivity (Wildman–Crippen MR) is 42.5 cm³/mol. The molecule has 0 aliphatic heterocycles. The van der Waals surface area contributed by atoms with Crippen molar-refractivity contribution in [2.75, 3.05) is 6.61 Å². The van der Waals surface area contributed by atoms with E-state index in [0.717, 1.165) is 0 Å². The second kappa shape index (κ2) is 3.72. The van der Waals surface area contributed by atoms with Gasteiger partial charge in [0.1, 0.15) is 0 Å². The van der Waals surface area contributed by atoms with Crippen molar-refractivity contribution in [2.24, 2.45) is 5.41 Å². The molecule has 0 fully saturated rings. The van der Waals surface area contributed by atoms with Crippen molar-refractivity contribution < 1.29 is 14.6 Å². The van der Waals surface area contributed by atoms with E-state index in [1.807, 2.05) is 13.8 Å². The topological polar surface area (TPSA) is 46.5 Å². The Bertz CT molecular complexity index is 138. The van der Waals surface area contributed by atoms with Crippen LogP contribution in [0.15, 0.2) is 0 Å². The summed E-state index contributed by atoms with van der Waals surface area (Å²) in [6.45, 7) is 7.34. The molecule has 3 nitrogen and oxygen atoms in total. The molecule has 0 unspecified atom stereocenters. The van der Waals surface area contributed by atoms with E-state index < -0.39 is 11.4 Å². The second-order valence-corrected chi connectivity index (χ2v) is 3.55. The van der Waals surface area contributed by atoms with Gasteiger partial charge < -0.3 is 9.84 Å². The van der Waals surface area contributed by atoms with Crippen LogP contribution in [0.25, 0.3) is 0 Å². The average molecular weight is 160 g/mol. The Morgan fingerprint density at radius 3 is 2.27 bits per heavy atom. The van der Waals surface area contributed by atoms with E-state index >= 15 is 0 Å². The Kier molecular flexibility index (Phi) is 3.52. The zero-order valence-electron chi connectivity index (χ0n) is 7.55. The van der Waals surface area contributed by atoms with Crippen LogP contribution in [0.1, 0.15) is 27.7 Å². The molecule has 0 aliphatic carbocycles. The van der Waals surface area contributed by atoms with E-state index in [2.05, 4.69) is 0 Å². The summed E-state index contributed by atoms with van der Waals surface area (Å²) < 4.78 is 5.19. The van der Waals surface area contributed by atoms with Crippen LogP contribution in [-0.4, -0.2) is 23.8 Å². The maximum absolute atomic E-state index is 10.6. The zero-order chi connectivity index (χ0) is 9.07.